The van der Waals surface area contributed by atoms with Crippen LogP contribution in [0.5, 0.6) is 5.75 Å². The lowest BCUT2D eigenvalue weighted by Gasteiger charge is -2.26. The molecule has 0 spiro atoms. The van der Waals surface area contributed by atoms with Crippen LogP contribution >= 0.6 is 0 Å². The van der Waals surface area contributed by atoms with E-state index < -0.39 is 5.60 Å². The van der Waals surface area contributed by atoms with Gasteiger partial charge in [-0.05, 0) is 17.7 Å². The van der Waals surface area contributed by atoms with Crippen LogP contribution in [0.25, 0.3) is 6.08 Å². The Kier molecular flexibility index (Phi) is 3.30. The van der Waals surface area contributed by atoms with Gasteiger partial charge in [0.15, 0.2) is 0 Å². The Balaban J connectivity index is 2.14. The van der Waals surface area contributed by atoms with Crippen LogP contribution in [0.3, 0.4) is 0 Å². The number of ketones is 2. The number of hydrogen-bond donors (Lipinski definition) is 2. The summed E-state index contributed by atoms with van der Waals surface area (Å²) < 4.78 is 0. The molecule has 1 saturated carbocycles. The van der Waals surface area contributed by atoms with Crippen molar-refractivity contribution in [1.29, 1.82) is 0 Å². The van der Waals surface area contributed by atoms with E-state index in [0.717, 1.165) is 5.56 Å². The van der Waals surface area contributed by atoms with Crippen LogP contribution in [0, 0.1) is 0 Å². The molecule has 0 saturated heterocycles. The first-order chi connectivity index (χ1) is 8.47. The molecule has 1 aromatic rings. The van der Waals surface area contributed by atoms with Gasteiger partial charge in [-0.25, -0.2) is 0 Å². The zero-order chi connectivity index (χ0) is 13.2. The number of aromatic hydroxyl groups is 1. The first-order valence-corrected chi connectivity index (χ1v) is 5.71. The fraction of sp³-hybridized carbons (Fsp3) is 0.286. The lowest BCUT2D eigenvalue weighted by atomic mass is 9.83. The number of Topliss-reactive ketones (excluding diaryl/α,β-unsaturated/α-hetero) is 2. The van der Waals surface area contributed by atoms with Gasteiger partial charge in [0.2, 0.25) is 0 Å². The minimum Gasteiger partial charge on any atom is -0.508 e. The summed E-state index contributed by atoms with van der Waals surface area (Å²) >= 11 is 0. The van der Waals surface area contributed by atoms with E-state index >= 15 is 0 Å². The molecule has 2 N–H and O–H groups in total. The normalized spacial score (nSPS) is 19.4. The van der Waals surface area contributed by atoms with E-state index in [9.17, 15) is 14.7 Å². The Labute approximate surface area is 105 Å². The molecule has 2 rings (SSSR count). The third-order valence-corrected chi connectivity index (χ3v) is 2.88. The van der Waals surface area contributed by atoms with Gasteiger partial charge in [0, 0.05) is 12.8 Å². The third kappa shape index (κ3) is 3.05. The van der Waals surface area contributed by atoms with E-state index in [2.05, 4.69) is 0 Å². The number of phenolic OH excluding ortho intramolecular Hbond substituents is 1. The zero-order valence-electron chi connectivity index (χ0n) is 9.80. The highest BCUT2D eigenvalue weighted by Gasteiger charge is 2.35. The number of benzene rings is 1. The van der Waals surface area contributed by atoms with Crippen molar-refractivity contribution in [3.63, 3.8) is 0 Å². The standard InChI is InChI=1S/C14H14O4/c15-11-3-1-10(2-4-11)5-6-14(18)8-12(16)7-13(17)9-14/h1-6,15,18H,7-9H2/b6-5+. The van der Waals surface area contributed by atoms with E-state index in [4.69, 9.17) is 5.11 Å². The van der Waals surface area contributed by atoms with E-state index in [1.807, 2.05) is 0 Å². The molecule has 0 heterocycles. The van der Waals surface area contributed by atoms with Gasteiger partial charge < -0.3 is 10.2 Å². The lowest BCUT2D eigenvalue weighted by Crippen LogP contribution is -2.37. The summed E-state index contributed by atoms with van der Waals surface area (Å²) in [5.41, 5.74) is -0.587. The first-order valence-electron chi connectivity index (χ1n) is 5.71. The minimum absolute atomic E-state index is 0.0205. The average molecular weight is 246 g/mol. The summed E-state index contributed by atoms with van der Waals surface area (Å²) in [4.78, 5) is 22.6. The van der Waals surface area contributed by atoms with E-state index in [1.54, 1.807) is 18.2 Å². The summed E-state index contributed by atoms with van der Waals surface area (Å²) in [5.74, 6) is -0.304. The number of rotatable bonds is 2. The van der Waals surface area contributed by atoms with E-state index in [0.29, 0.717) is 0 Å². The number of carbonyl (C=O) groups is 2. The molecule has 4 heteroatoms. The molecule has 0 amide bonds. The monoisotopic (exact) mass is 246 g/mol. The van der Waals surface area contributed by atoms with Crippen molar-refractivity contribution >= 4 is 17.6 Å². The predicted molar refractivity (Wildman–Crippen MR) is 66.0 cm³/mol. The molecule has 0 radical (unpaired) electrons. The molecule has 18 heavy (non-hydrogen) atoms. The van der Waals surface area contributed by atoms with Gasteiger partial charge in [0.05, 0.1) is 12.0 Å². The van der Waals surface area contributed by atoms with Crippen LogP contribution in [0.4, 0.5) is 0 Å². The van der Waals surface area contributed by atoms with Crippen molar-refractivity contribution in [2.75, 3.05) is 0 Å². The minimum atomic E-state index is -1.37. The highest BCUT2D eigenvalue weighted by molar-refractivity contribution is 6.03. The molecule has 1 aliphatic rings. The van der Waals surface area contributed by atoms with Crippen molar-refractivity contribution in [3.05, 3.63) is 35.9 Å². The SMILES string of the molecule is O=C1CC(=O)CC(O)(/C=C/c2ccc(O)cc2)C1. The van der Waals surface area contributed by atoms with Crippen LogP contribution in [0.1, 0.15) is 24.8 Å². The smallest absolute Gasteiger partial charge is 0.143 e. The van der Waals surface area contributed by atoms with Gasteiger partial charge in [0.25, 0.3) is 0 Å². The Morgan fingerprint density at radius 1 is 1.06 bits per heavy atom. The molecule has 1 aliphatic carbocycles. The molecule has 1 aromatic carbocycles. The van der Waals surface area contributed by atoms with Crippen LogP contribution in [0.15, 0.2) is 30.3 Å². The van der Waals surface area contributed by atoms with Gasteiger partial charge in [-0.1, -0.05) is 24.3 Å². The molecule has 94 valence electrons. The average Bonchev–Trinajstić information content (AvgIpc) is 2.26. The first kappa shape index (κ1) is 12.5. The lowest BCUT2D eigenvalue weighted by molar-refractivity contribution is -0.136. The molecular formula is C14H14O4. The predicted octanol–water partition coefficient (Wildman–Crippen LogP) is 1.46. The second-order valence-corrected chi connectivity index (χ2v) is 4.64. The summed E-state index contributed by atoms with van der Waals surface area (Å²) in [5, 5.41) is 19.3. The summed E-state index contributed by atoms with van der Waals surface area (Å²) in [7, 11) is 0. The van der Waals surface area contributed by atoms with Crippen molar-refractivity contribution in [2.24, 2.45) is 0 Å². The van der Waals surface area contributed by atoms with Crippen molar-refractivity contribution in [3.8, 4) is 5.75 Å². The van der Waals surface area contributed by atoms with Crippen molar-refractivity contribution < 1.29 is 19.8 Å². The van der Waals surface area contributed by atoms with Gasteiger partial charge in [-0.15, -0.1) is 0 Å². The molecule has 0 aliphatic heterocycles. The number of hydrogen-bond acceptors (Lipinski definition) is 4. The number of aliphatic hydroxyl groups is 1. The van der Waals surface area contributed by atoms with Crippen LogP contribution in [-0.2, 0) is 9.59 Å². The van der Waals surface area contributed by atoms with Gasteiger partial charge in [-0.2, -0.15) is 0 Å². The summed E-state index contributed by atoms with van der Waals surface area (Å²) in [6.07, 6.45) is 3.01. The molecular weight excluding hydrogens is 232 g/mol. The van der Waals surface area contributed by atoms with Crippen LogP contribution in [-0.4, -0.2) is 27.4 Å². The fourth-order valence-electron chi connectivity index (χ4n) is 2.04. The molecule has 1 fully saturated rings. The molecule has 0 aromatic heterocycles. The number of carbonyl (C=O) groups excluding carboxylic acids is 2. The van der Waals surface area contributed by atoms with Crippen molar-refractivity contribution in [1.82, 2.24) is 0 Å². The topological polar surface area (TPSA) is 74.6 Å². The third-order valence-electron chi connectivity index (χ3n) is 2.88. The molecule has 4 nitrogen and oxygen atoms in total. The molecule has 0 bridgehead atoms. The summed E-state index contributed by atoms with van der Waals surface area (Å²) in [6, 6.07) is 6.42. The molecule has 0 unspecified atom stereocenters. The largest absolute Gasteiger partial charge is 0.508 e. The second-order valence-electron chi connectivity index (χ2n) is 4.64. The molecule has 0 atom stereocenters. The van der Waals surface area contributed by atoms with Crippen molar-refractivity contribution in [2.45, 2.75) is 24.9 Å². The van der Waals surface area contributed by atoms with Crippen LogP contribution in [0.2, 0.25) is 0 Å². The van der Waals surface area contributed by atoms with Gasteiger partial charge >= 0.3 is 0 Å². The zero-order valence-corrected chi connectivity index (χ0v) is 9.80. The van der Waals surface area contributed by atoms with E-state index in [-0.39, 0.29) is 36.6 Å². The maximum Gasteiger partial charge on any atom is 0.143 e. The van der Waals surface area contributed by atoms with E-state index in [1.165, 1.54) is 18.2 Å². The highest BCUT2D eigenvalue weighted by atomic mass is 16.3. The highest BCUT2D eigenvalue weighted by Crippen LogP contribution is 2.26. The Morgan fingerprint density at radius 3 is 2.17 bits per heavy atom. The summed E-state index contributed by atoms with van der Waals surface area (Å²) in [6.45, 7) is 0. The number of phenols is 1. The Bertz CT molecular complexity index is 483. The maximum absolute atomic E-state index is 11.3. The Morgan fingerprint density at radius 2 is 1.61 bits per heavy atom. The second kappa shape index (κ2) is 4.74. The Hall–Kier alpha value is -1.94. The van der Waals surface area contributed by atoms with Gasteiger partial charge in [-0.3, -0.25) is 9.59 Å². The quantitative estimate of drug-likeness (QED) is 0.775. The fourth-order valence-corrected chi connectivity index (χ4v) is 2.04. The van der Waals surface area contributed by atoms with Gasteiger partial charge in [0.1, 0.15) is 17.3 Å². The maximum atomic E-state index is 11.3. The van der Waals surface area contributed by atoms with Crippen LogP contribution < -0.4 is 0 Å².